The lowest BCUT2D eigenvalue weighted by atomic mass is 10.1. The number of nitrogens with one attached hydrogen (secondary N) is 1. The van der Waals surface area contributed by atoms with Gasteiger partial charge >= 0.3 is 0 Å². The zero-order valence-corrected chi connectivity index (χ0v) is 15.7. The molecule has 0 heterocycles. The number of carbonyl (C=O) groups excluding carboxylic acids is 2. The fourth-order valence-corrected chi connectivity index (χ4v) is 2.64. The molecular weight excluding hydrogens is 326 g/mol. The monoisotopic (exact) mass is 353 g/mol. The summed E-state index contributed by atoms with van der Waals surface area (Å²) in [7, 11) is 0. The highest BCUT2D eigenvalue weighted by atomic mass is 16.5. The first kappa shape index (κ1) is 19.7. The summed E-state index contributed by atoms with van der Waals surface area (Å²) in [5.41, 5.74) is 1.92. The van der Waals surface area contributed by atoms with E-state index >= 15 is 0 Å². The Balaban J connectivity index is 1.80. The summed E-state index contributed by atoms with van der Waals surface area (Å²) in [5.74, 6) is 0.533. The number of carbonyl (C=O) groups is 2. The summed E-state index contributed by atoms with van der Waals surface area (Å²) < 4.78 is 5.68. The van der Waals surface area contributed by atoms with E-state index in [9.17, 15) is 9.59 Å². The number of benzene rings is 2. The van der Waals surface area contributed by atoms with Crippen LogP contribution < -0.4 is 10.1 Å². The molecule has 4 nitrogen and oxygen atoms in total. The summed E-state index contributed by atoms with van der Waals surface area (Å²) in [6.07, 6.45) is 1.67. The lowest BCUT2D eigenvalue weighted by molar-refractivity contribution is -0.127. The van der Waals surface area contributed by atoms with Gasteiger partial charge in [0.15, 0.2) is 11.9 Å². The molecule has 2 rings (SSSR count). The highest BCUT2D eigenvalue weighted by Crippen LogP contribution is 2.15. The van der Waals surface area contributed by atoms with Crippen molar-refractivity contribution in [3.8, 4) is 5.75 Å². The quantitative estimate of drug-likeness (QED) is 0.688. The third kappa shape index (κ3) is 6.03. The number of Topliss-reactive ketones (excluding diaryl/α,β-unsaturated/α-hetero) is 1. The second-order valence-electron chi connectivity index (χ2n) is 6.50. The molecule has 0 radical (unpaired) electrons. The molecule has 1 N–H and O–H groups in total. The number of amides is 1. The molecule has 0 bridgehead atoms. The van der Waals surface area contributed by atoms with Crippen molar-refractivity contribution >= 4 is 11.7 Å². The summed E-state index contributed by atoms with van der Waals surface area (Å²) >= 11 is 0. The Kier molecular flexibility index (Phi) is 7.39. The summed E-state index contributed by atoms with van der Waals surface area (Å²) in [4.78, 5) is 23.9. The number of hydrogen-bond acceptors (Lipinski definition) is 3. The van der Waals surface area contributed by atoms with Gasteiger partial charge in [0.1, 0.15) is 5.75 Å². The van der Waals surface area contributed by atoms with Gasteiger partial charge in [-0.05, 0) is 56.5 Å². The van der Waals surface area contributed by atoms with E-state index in [2.05, 4.69) is 17.4 Å². The van der Waals surface area contributed by atoms with Crippen LogP contribution in [0.3, 0.4) is 0 Å². The van der Waals surface area contributed by atoms with Gasteiger partial charge in [0, 0.05) is 18.0 Å². The van der Waals surface area contributed by atoms with Crippen LogP contribution in [0.1, 0.15) is 49.5 Å². The van der Waals surface area contributed by atoms with Crippen molar-refractivity contribution in [3.63, 3.8) is 0 Å². The molecule has 1 amide bonds. The van der Waals surface area contributed by atoms with Gasteiger partial charge in [-0.25, -0.2) is 0 Å². The maximum Gasteiger partial charge on any atom is 0.260 e. The van der Waals surface area contributed by atoms with Crippen molar-refractivity contribution in [2.24, 2.45) is 0 Å². The van der Waals surface area contributed by atoms with E-state index in [1.807, 2.05) is 32.0 Å². The fourth-order valence-electron chi connectivity index (χ4n) is 2.64. The molecule has 26 heavy (non-hydrogen) atoms. The van der Waals surface area contributed by atoms with Gasteiger partial charge in [-0.3, -0.25) is 9.59 Å². The predicted octanol–water partition coefficient (Wildman–Crippen LogP) is 4.18. The minimum absolute atomic E-state index is 0.0679. The fraction of sp³-hybridized carbons (Fsp3) is 0.364. The molecule has 0 unspecified atom stereocenters. The molecule has 0 aliphatic carbocycles. The third-order valence-electron chi connectivity index (χ3n) is 4.28. The van der Waals surface area contributed by atoms with Crippen LogP contribution in [0.5, 0.6) is 5.75 Å². The normalized spacial score (nSPS) is 12.9. The van der Waals surface area contributed by atoms with Crippen molar-refractivity contribution in [3.05, 3.63) is 65.7 Å². The van der Waals surface area contributed by atoms with Gasteiger partial charge in [-0.1, -0.05) is 37.3 Å². The van der Waals surface area contributed by atoms with Crippen molar-refractivity contribution in [2.45, 2.75) is 52.2 Å². The average Bonchev–Trinajstić information content (AvgIpc) is 2.67. The standard InChI is InChI=1S/C22H27NO3/c1-4-21(24)19-12-14-20(15-13-19)26-17(3)22(25)23-16(2)10-11-18-8-6-5-7-9-18/h5-9,12-17H,4,10-11H2,1-3H3,(H,23,25)/t16-,17-/m0/s1. The molecule has 2 atom stereocenters. The zero-order valence-electron chi connectivity index (χ0n) is 15.7. The van der Waals surface area contributed by atoms with Crippen molar-refractivity contribution in [2.75, 3.05) is 0 Å². The number of ether oxygens (including phenoxy) is 1. The van der Waals surface area contributed by atoms with Gasteiger partial charge in [-0.15, -0.1) is 0 Å². The van der Waals surface area contributed by atoms with Crippen LogP contribution in [0, 0.1) is 0 Å². The van der Waals surface area contributed by atoms with E-state index in [4.69, 9.17) is 4.74 Å². The lowest BCUT2D eigenvalue weighted by Gasteiger charge is -2.19. The number of hydrogen-bond donors (Lipinski definition) is 1. The Morgan fingerprint density at radius 3 is 2.27 bits per heavy atom. The predicted molar refractivity (Wildman–Crippen MR) is 104 cm³/mol. The topological polar surface area (TPSA) is 55.4 Å². The first-order valence-electron chi connectivity index (χ1n) is 9.13. The van der Waals surface area contributed by atoms with E-state index in [1.54, 1.807) is 31.2 Å². The Morgan fingerprint density at radius 1 is 1.00 bits per heavy atom. The maximum absolute atomic E-state index is 12.3. The zero-order chi connectivity index (χ0) is 18.9. The summed E-state index contributed by atoms with van der Waals surface area (Å²) in [6.45, 7) is 5.56. The molecule has 0 saturated heterocycles. The SMILES string of the molecule is CCC(=O)c1ccc(O[C@@H](C)C(=O)N[C@@H](C)CCc2ccccc2)cc1. The second-order valence-corrected chi connectivity index (χ2v) is 6.50. The van der Waals surface area contributed by atoms with Crippen LogP contribution in [-0.2, 0) is 11.2 Å². The summed E-state index contributed by atoms with van der Waals surface area (Å²) in [5, 5.41) is 2.99. The Labute approximate surface area is 155 Å². The highest BCUT2D eigenvalue weighted by molar-refractivity contribution is 5.95. The molecule has 2 aromatic carbocycles. The van der Waals surface area contributed by atoms with Gasteiger partial charge in [0.2, 0.25) is 0 Å². The molecular formula is C22H27NO3. The van der Waals surface area contributed by atoms with Crippen LogP contribution in [-0.4, -0.2) is 23.8 Å². The molecule has 4 heteroatoms. The molecule has 0 spiro atoms. The molecule has 138 valence electrons. The molecule has 0 fully saturated rings. The number of ketones is 1. The molecule has 0 aromatic heterocycles. The van der Waals surface area contributed by atoms with Crippen molar-refractivity contribution < 1.29 is 14.3 Å². The van der Waals surface area contributed by atoms with Gasteiger partial charge in [0.25, 0.3) is 5.91 Å². The number of aryl methyl sites for hydroxylation is 1. The van der Waals surface area contributed by atoms with Gasteiger partial charge < -0.3 is 10.1 Å². The first-order valence-corrected chi connectivity index (χ1v) is 9.13. The Hall–Kier alpha value is -2.62. The molecule has 2 aromatic rings. The van der Waals surface area contributed by atoms with E-state index in [1.165, 1.54) is 5.56 Å². The molecule has 0 aliphatic heterocycles. The average molecular weight is 353 g/mol. The van der Waals surface area contributed by atoms with E-state index in [0.29, 0.717) is 17.7 Å². The van der Waals surface area contributed by atoms with Gasteiger partial charge in [0.05, 0.1) is 0 Å². The summed E-state index contributed by atoms with van der Waals surface area (Å²) in [6, 6.07) is 17.2. The minimum atomic E-state index is -0.595. The van der Waals surface area contributed by atoms with Gasteiger partial charge in [-0.2, -0.15) is 0 Å². The molecule has 0 saturated carbocycles. The van der Waals surface area contributed by atoms with Crippen LogP contribution in [0.4, 0.5) is 0 Å². The number of rotatable bonds is 9. The maximum atomic E-state index is 12.3. The third-order valence-corrected chi connectivity index (χ3v) is 4.28. The van der Waals surface area contributed by atoms with E-state index < -0.39 is 6.10 Å². The lowest BCUT2D eigenvalue weighted by Crippen LogP contribution is -2.41. The van der Waals surface area contributed by atoms with E-state index in [-0.39, 0.29) is 17.7 Å². The largest absolute Gasteiger partial charge is 0.481 e. The smallest absolute Gasteiger partial charge is 0.260 e. The van der Waals surface area contributed by atoms with E-state index in [0.717, 1.165) is 12.8 Å². The van der Waals surface area contributed by atoms with Crippen LogP contribution in [0.25, 0.3) is 0 Å². The van der Waals surface area contributed by atoms with Crippen LogP contribution in [0.2, 0.25) is 0 Å². The Bertz CT molecular complexity index is 710. The minimum Gasteiger partial charge on any atom is -0.481 e. The van der Waals surface area contributed by atoms with Crippen LogP contribution in [0.15, 0.2) is 54.6 Å². The highest BCUT2D eigenvalue weighted by Gasteiger charge is 2.17. The first-order chi connectivity index (χ1) is 12.5. The molecule has 0 aliphatic rings. The Morgan fingerprint density at radius 2 is 1.65 bits per heavy atom. The van der Waals surface area contributed by atoms with Crippen molar-refractivity contribution in [1.82, 2.24) is 5.32 Å². The van der Waals surface area contributed by atoms with Crippen LogP contribution >= 0.6 is 0 Å². The second kappa shape index (κ2) is 9.76. The van der Waals surface area contributed by atoms with Crippen molar-refractivity contribution in [1.29, 1.82) is 0 Å².